The fraction of sp³-hybridized carbons (Fsp3) is 0.263. The minimum Gasteiger partial charge on any atom is -0.494 e. The largest absolute Gasteiger partial charge is 0.494 e. The average molecular weight is 310 g/mol. The highest BCUT2D eigenvalue weighted by Gasteiger charge is 2.05. The van der Waals surface area contributed by atoms with Crippen molar-refractivity contribution < 1.29 is 9.53 Å². The maximum absolute atomic E-state index is 12.1. The Hall–Kier alpha value is -2.62. The summed E-state index contributed by atoms with van der Waals surface area (Å²) in [4.78, 5) is 12.1. The SMILES string of the molecule is CCOc1ccc(/C(C)=N\NC(=O)c2ccc(CC)cc2)cc1. The van der Waals surface area contributed by atoms with Crippen LogP contribution in [0, 0.1) is 0 Å². The molecule has 2 rings (SSSR count). The quantitative estimate of drug-likeness (QED) is 0.651. The Balaban J connectivity index is 2.01. The monoisotopic (exact) mass is 310 g/mol. The minimum atomic E-state index is -0.210. The van der Waals surface area contributed by atoms with E-state index in [1.165, 1.54) is 5.56 Å². The van der Waals surface area contributed by atoms with Gasteiger partial charge >= 0.3 is 0 Å². The van der Waals surface area contributed by atoms with E-state index in [2.05, 4.69) is 17.5 Å². The molecule has 0 fully saturated rings. The van der Waals surface area contributed by atoms with Crippen molar-refractivity contribution in [3.05, 3.63) is 65.2 Å². The van der Waals surface area contributed by atoms with Gasteiger partial charge in [-0.1, -0.05) is 19.1 Å². The molecule has 120 valence electrons. The van der Waals surface area contributed by atoms with Gasteiger partial charge in [0.25, 0.3) is 5.91 Å². The molecule has 0 aliphatic rings. The van der Waals surface area contributed by atoms with Crippen LogP contribution in [0.3, 0.4) is 0 Å². The number of carbonyl (C=O) groups excluding carboxylic acids is 1. The standard InChI is InChI=1S/C19H22N2O2/c1-4-15-6-8-17(9-7-15)19(22)21-20-14(3)16-10-12-18(13-11-16)23-5-2/h6-13H,4-5H2,1-3H3,(H,21,22)/b20-14-. The summed E-state index contributed by atoms with van der Waals surface area (Å²) in [6.07, 6.45) is 0.955. The number of aryl methyl sites for hydroxylation is 1. The molecule has 23 heavy (non-hydrogen) atoms. The van der Waals surface area contributed by atoms with Crippen LogP contribution in [-0.2, 0) is 6.42 Å². The van der Waals surface area contributed by atoms with Crippen molar-refractivity contribution in [3.8, 4) is 5.75 Å². The Labute approximate surface area is 137 Å². The second kappa shape index (κ2) is 8.13. The van der Waals surface area contributed by atoms with Gasteiger partial charge in [-0.05, 0) is 67.8 Å². The molecule has 0 aromatic heterocycles. The summed E-state index contributed by atoms with van der Waals surface area (Å²) in [6.45, 7) is 6.53. The van der Waals surface area contributed by atoms with Crippen LogP contribution in [0.2, 0.25) is 0 Å². The molecule has 0 aliphatic carbocycles. The summed E-state index contributed by atoms with van der Waals surface area (Å²) in [5.41, 5.74) is 6.08. The van der Waals surface area contributed by atoms with Crippen molar-refractivity contribution >= 4 is 11.6 Å². The lowest BCUT2D eigenvalue weighted by molar-refractivity contribution is 0.0955. The molecule has 2 aromatic rings. The Morgan fingerprint density at radius 3 is 2.17 bits per heavy atom. The van der Waals surface area contributed by atoms with Gasteiger partial charge in [-0.15, -0.1) is 0 Å². The zero-order valence-corrected chi connectivity index (χ0v) is 13.8. The fourth-order valence-corrected chi connectivity index (χ4v) is 2.11. The van der Waals surface area contributed by atoms with Gasteiger partial charge in [0.15, 0.2) is 0 Å². The molecule has 0 radical (unpaired) electrons. The van der Waals surface area contributed by atoms with Crippen molar-refractivity contribution in [1.29, 1.82) is 0 Å². The summed E-state index contributed by atoms with van der Waals surface area (Å²) in [5, 5.41) is 4.17. The van der Waals surface area contributed by atoms with E-state index in [-0.39, 0.29) is 5.91 Å². The Bertz CT molecular complexity index is 674. The third-order valence-electron chi connectivity index (χ3n) is 3.53. The molecular formula is C19H22N2O2. The average Bonchev–Trinajstić information content (AvgIpc) is 2.60. The lowest BCUT2D eigenvalue weighted by atomic mass is 10.1. The summed E-state index contributed by atoms with van der Waals surface area (Å²) in [5.74, 6) is 0.613. The molecule has 1 N–H and O–H groups in total. The summed E-state index contributed by atoms with van der Waals surface area (Å²) >= 11 is 0. The predicted molar refractivity (Wildman–Crippen MR) is 93.1 cm³/mol. The van der Waals surface area contributed by atoms with Gasteiger partial charge < -0.3 is 4.74 Å². The fourth-order valence-electron chi connectivity index (χ4n) is 2.11. The molecule has 4 heteroatoms. The highest BCUT2D eigenvalue weighted by molar-refractivity contribution is 6.00. The van der Waals surface area contributed by atoms with Crippen LogP contribution in [-0.4, -0.2) is 18.2 Å². The molecule has 0 bridgehead atoms. The number of nitrogens with one attached hydrogen (secondary N) is 1. The molecule has 0 saturated heterocycles. The second-order valence-corrected chi connectivity index (χ2v) is 5.15. The number of nitrogens with zero attached hydrogens (tertiary/aromatic N) is 1. The lowest BCUT2D eigenvalue weighted by Gasteiger charge is -2.06. The number of ether oxygens (including phenoxy) is 1. The maximum Gasteiger partial charge on any atom is 0.271 e. The highest BCUT2D eigenvalue weighted by atomic mass is 16.5. The van der Waals surface area contributed by atoms with E-state index in [1.54, 1.807) is 0 Å². The third kappa shape index (κ3) is 4.68. The van der Waals surface area contributed by atoms with E-state index < -0.39 is 0 Å². The highest BCUT2D eigenvalue weighted by Crippen LogP contribution is 2.12. The Kier molecular flexibility index (Phi) is 5.92. The maximum atomic E-state index is 12.1. The van der Waals surface area contributed by atoms with Gasteiger partial charge in [0.1, 0.15) is 5.75 Å². The molecule has 0 atom stereocenters. The lowest BCUT2D eigenvalue weighted by Crippen LogP contribution is -2.19. The summed E-state index contributed by atoms with van der Waals surface area (Å²) in [7, 11) is 0. The van der Waals surface area contributed by atoms with Crippen LogP contribution in [0.25, 0.3) is 0 Å². The first-order valence-corrected chi connectivity index (χ1v) is 7.80. The van der Waals surface area contributed by atoms with Crippen molar-refractivity contribution in [1.82, 2.24) is 5.43 Å². The molecule has 1 amide bonds. The minimum absolute atomic E-state index is 0.210. The number of hydrogen-bond acceptors (Lipinski definition) is 3. The van der Waals surface area contributed by atoms with Crippen molar-refractivity contribution in [2.24, 2.45) is 5.10 Å². The van der Waals surface area contributed by atoms with Crippen LogP contribution >= 0.6 is 0 Å². The van der Waals surface area contributed by atoms with E-state index in [0.717, 1.165) is 23.4 Å². The van der Waals surface area contributed by atoms with Crippen LogP contribution in [0.1, 0.15) is 42.3 Å². The zero-order chi connectivity index (χ0) is 16.7. The van der Waals surface area contributed by atoms with Gasteiger partial charge in [-0.25, -0.2) is 5.43 Å². The normalized spacial score (nSPS) is 11.2. The number of hydrazone groups is 1. The van der Waals surface area contributed by atoms with E-state index in [4.69, 9.17) is 4.74 Å². The van der Waals surface area contributed by atoms with Crippen LogP contribution in [0.15, 0.2) is 53.6 Å². The first kappa shape index (κ1) is 16.7. The third-order valence-corrected chi connectivity index (χ3v) is 3.53. The molecule has 0 spiro atoms. The number of benzene rings is 2. The summed E-state index contributed by atoms with van der Waals surface area (Å²) < 4.78 is 5.41. The molecule has 0 unspecified atom stereocenters. The zero-order valence-electron chi connectivity index (χ0n) is 13.8. The van der Waals surface area contributed by atoms with E-state index in [9.17, 15) is 4.79 Å². The molecule has 0 heterocycles. The van der Waals surface area contributed by atoms with E-state index >= 15 is 0 Å². The molecule has 2 aromatic carbocycles. The van der Waals surface area contributed by atoms with Gasteiger partial charge in [-0.3, -0.25) is 4.79 Å². The van der Waals surface area contributed by atoms with Crippen molar-refractivity contribution in [2.45, 2.75) is 27.2 Å². The molecular weight excluding hydrogens is 288 g/mol. The van der Waals surface area contributed by atoms with Gasteiger partial charge in [-0.2, -0.15) is 5.10 Å². The van der Waals surface area contributed by atoms with Crippen LogP contribution in [0.5, 0.6) is 5.75 Å². The number of hydrogen-bond donors (Lipinski definition) is 1. The second-order valence-electron chi connectivity index (χ2n) is 5.15. The summed E-state index contributed by atoms with van der Waals surface area (Å²) in [6, 6.07) is 15.2. The van der Waals surface area contributed by atoms with Gasteiger partial charge in [0, 0.05) is 5.56 Å². The number of rotatable bonds is 6. The van der Waals surface area contributed by atoms with Crippen LogP contribution < -0.4 is 10.2 Å². The first-order chi connectivity index (χ1) is 11.1. The van der Waals surface area contributed by atoms with E-state index in [1.807, 2.05) is 62.4 Å². The number of amides is 1. The van der Waals surface area contributed by atoms with Gasteiger partial charge in [0.2, 0.25) is 0 Å². The van der Waals surface area contributed by atoms with Gasteiger partial charge in [0.05, 0.1) is 12.3 Å². The predicted octanol–water partition coefficient (Wildman–Crippen LogP) is 3.80. The first-order valence-electron chi connectivity index (χ1n) is 7.80. The molecule has 0 saturated carbocycles. The number of carbonyl (C=O) groups is 1. The molecule has 4 nitrogen and oxygen atoms in total. The van der Waals surface area contributed by atoms with E-state index in [0.29, 0.717) is 12.2 Å². The Morgan fingerprint density at radius 1 is 1.00 bits per heavy atom. The van der Waals surface area contributed by atoms with Crippen molar-refractivity contribution in [3.63, 3.8) is 0 Å². The van der Waals surface area contributed by atoms with Crippen molar-refractivity contribution in [2.75, 3.05) is 6.61 Å². The topological polar surface area (TPSA) is 50.7 Å². The van der Waals surface area contributed by atoms with Crippen LogP contribution in [0.4, 0.5) is 0 Å². The Morgan fingerprint density at radius 2 is 1.61 bits per heavy atom. The molecule has 0 aliphatic heterocycles. The smallest absolute Gasteiger partial charge is 0.271 e.